The summed E-state index contributed by atoms with van der Waals surface area (Å²) in [6.45, 7) is 5.03. The Bertz CT molecular complexity index is 963. The molecular weight excluding hydrogens is 388 g/mol. The Hall–Kier alpha value is -2.38. The number of amides is 1. The van der Waals surface area contributed by atoms with Gasteiger partial charge >= 0.3 is 0 Å². The summed E-state index contributed by atoms with van der Waals surface area (Å²) in [5, 5.41) is 2.97. The standard InChI is InChI=1S/C22H28N2O4S/c1-16-4-8-20(9-5-16)29(26,27)24-12-10-19(11-13-24)22(25)23-15-18-7-6-17(2)21(14-18)28-3/h4-9,14,19H,10-13,15H2,1-3H3,(H,23,25). The summed E-state index contributed by atoms with van der Waals surface area (Å²) in [7, 11) is -1.88. The molecule has 29 heavy (non-hydrogen) atoms. The zero-order valence-electron chi connectivity index (χ0n) is 17.1. The van der Waals surface area contributed by atoms with Crippen molar-refractivity contribution in [3.8, 4) is 5.75 Å². The van der Waals surface area contributed by atoms with Gasteiger partial charge in [-0.2, -0.15) is 4.31 Å². The average molecular weight is 417 g/mol. The Balaban J connectivity index is 1.55. The third-order valence-corrected chi connectivity index (χ3v) is 7.34. The fourth-order valence-electron chi connectivity index (χ4n) is 3.53. The normalized spacial score (nSPS) is 15.8. The van der Waals surface area contributed by atoms with Gasteiger partial charge in [0, 0.05) is 25.6 Å². The monoisotopic (exact) mass is 416 g/mol. The predicted molar refractivity (Wildman–Crippen MR) is 112 cm³/mol. The molecule has 0 aliphatic carbocycles. The number of hydrogen-bond donors (Lipinski definition) is 1. The van der Waals surface area contributed by atoms with Gasteiger partial charge in [0.15, 0.2) is 0 Å². The van der Waals surface area contributed by atoms with E-state index in [1.807, 2.05) is 32.0 Å². The van der Waals surface area contributed by atoms with E-state index < -0.39 is 10.0 Å². The van der Waals surface area contributed by atoms with Gasteiger partial charge in [0.05, 0.1) is 12.0 Å². The SMILES string of the molecule is COc1cc(CNC(=O)C2CCN(S(=O)(=O)c3ccc(C)cc3)CC2)ccc1C. The smallest absolute Gasteiger partial charge is 0.243 e. The summed E-state index contributed by atoms with van der Waals surface area (Å²) < 4.78 is 32.4. The number of carbonyl (C=O) groups is 1. The second-order valence-electron chi connectivity index (χ2n) is 7.51. The molecule has 0 saturated carbocycles. The molecule has 0 radical (unpaired) electrons. The number of methoxy groups -OCH3 is 1. The Morgan fingerprint density at radius 3 is 2.38 bits per heavy atom. The third-order valence-electron chi connectivity index (χ3n) is 5.42. The number of ether oxygens (including phenoxy) is 1. The van der Waals surface area contributed by atoms with Crippen molar-refractivity contribution in [3.05, 3.63) is 59.2 Å². The number of aryl methyl sites for hydroxylation is 2. The van der Waals surface area contributed by atoms with E-state index in [1.165, 1.54) is 4.31 Å². The molecule has 1 fully saturated rings. The van der Waals surface area contributed by atoms with Crippen LogP contribution in [0.15, 0.2) is 47.4 Å². The first-order chi connectivity index (χ1) is 13.8. The number of rotatable bonds is 6. The molecule has 0 bridgehead atoms. The van der Waals surface area contributed by atoms with Crippen LogP contribution in [0.3, 0.4) is 0 Å². The zero-order valence-corrected chi connectivity index (χ0v) is 18.0. The molecule has 1 N–H and O–H groups in total. The first-order valence-corrected chi connectivity index (χ1v) is 11.2. The topological polar surface area (TPSA) is 75.7 Å². The van der Waals surface area contributed by atoms with Crippen LogP contribution in [0.2, 0.25) is 0 Å². The molecule has 0 aromatic heterocycles. The van der Waals surface area contributed by atoms with E-state index in [0.29, 0.717) is 37.4 Å². The van der Waals surface area contributed by atoms with Crippen LogP contribution in [0.5, 0.6) is 5.75 Å². The molecule has 1 heterocycles. The minimum atomic E-state index is -3.51. The number of nitrogens with zero attached hydrogens (tertiary/aromatic N) is 1. The maximum absolute atomic E-state index is 12.8. The number of carbonyl (C=O) groups excluding carboxylic acids is 1. The van der Waals surface area contributed by atoms with Crippen molar-refractivity contribution in [3.63, 3.8) is 0 Å². The van der Waals surface area contributed by atoms with Gasteiger partial charge < -0.3 is 10.1 Å². The quantitative estimate of drug-likeness (QED) is 0.785. The van der Waals surface area contributed by atoms with Crippen molar-refractivity contribution < 1.29 is 17.9 Å². The fourth-order valence-corrected chi connectivity index (χ4v) is 5.00. The Labute approximate surface area is 172 Å². The van der Waals surface area contributed by atoms with Crippen LogP contribution >= 0.6 is 0 Å². The summed E-state index contributed by atoms with van der Waals surface area (Å²) in [5.41, 5.74) is 3.04. The zero-order chi connectivity index (χ0) is 21.0. The number of benzene rings is 2. The molecule has 0 unspecified atom stereocenters. The molecule has 3 rings (SSSR count). The predicted octanol–water partition coefficient (Wildman–Crippen LogP) is 3.03. The molecular formula is C22H28N2O4S. The van der Waals surface area contributed by atoms with Crippen molar-refractivity contribution in [1.29, 1.82) is 0 Å². The van der Waals surface area contributed by atoms with Crippen LogP contribution < -0.4 is 10.1 Å². The van der Waals surface area contributed by atoms with E-state index in [-0.39, 0.29) is 11.8 Å². The maximum Gasteiger partial charge on any atom is 0.243 e. The Morgan fingerprint density at radius 1 is 1.10 bits per heavy atom. The lowest BCUT2D eigenvalue weighted by Gasteiger charge is -2.30. The number of sulfonamides is 1. The summed E-state index contributed by atoms with van der Waals surface area (Å²) in [6, 6.07) is 12.7. The third kappa shape index (κ3) is 4.97. The minimum absolute atomic E-state index is 0.0306. The fraction of sp³-hybridized carbons (Fsp3) is 0.409. The van der Waals surface area contributed by atoms with Crippen LogP contribution in [0, 0.1) is 19.8 Å². The molecule has 0 spiro atoms. The summed E-state index contributed by atoms with van der Waals surface area (Å²) in [4.78, 5) is 12.9. The highest BCUT2D eigenvalue weighted by Gasteiger charge is 2.31. The first-order valence-electron chi connectivity index (χ1n) is 9.79. The number of hydrogen-bond acceptors (Lipinski definition) is 4. The van der Waals surface area contributed by atoms with E-state index in [4.69, 9.17) is 4.74 Å². The molecule has 156 valence electrons. The van der Waals surface area contributed by atoms with Crippen molar-refractivity contribution in [2.75, 3.05) is 20.2 Å². The lowest BCUT2D eigenvalue weighted by molar-refractivity contribution is -0.126. The van der Waals surface area contributed by atoms with Gasteiger partial charge in [0.2, 0.25) is 15.9 Å². The molecule has 1 aliphatic rings. The van der Waals surface area contributed by atoms with E-state index in [9.17, 15) is 13.2 Å². The van der Waals surface area contributed by atoms with Crippen molar-refractivity contribution >= 4 is 15.9 Å². The van der Waals surface area contributed by atoms with Gasteiger partial charge in [-0.25, -0.2) is 8.42 Å². The second kappa shape index (κ2) is 8.97. The van der Waals surface area contributed by atoms with E-state index in [1.54, 1.807) is 31.4 Å². The van der Waals surface area contributed by atoms with Gasteiger partial charge in [0.1, 0.15) is 5.75 Å². The molecule has 0 atom stereocenters. The Morgan fingerprint density at radius 2 is 1.76 bits per heavy atom. The van der Waals surface area contributed by atoms with Crippen LogP contribution in [0.25, 0.3) is 0 Å². The van der Waals surface area contributed by atoms with Gasteiger partial charge in [0.25, 0.3) is 0 Å². The molecule has 2 aromatic carbocycles. The summed E-state index contributed by atoms with van der Waals surface area (Å²) in [5.74, 6) is 0.593. The molecule has 6 nitrogen and oxygen atoms in total. The van der Waals surface area contributed by atoms with Gasteiger partial charge in [-0.1, -0.05) is 29.8 Å². The van der Waals surface area contributed by atoms with Crippen molar-refractivity contribution in [2.24, 2.45) is 5.92 Å². The lowest BCUT2D eigenvalue weighted by atomic mass is 9.97. The number of piperidine rings is 1. The Kier molecular flexibility index (Phi) is 6.59. The first kappa shape index (κ1) is 21.3. The van der Waals surface area contributed by atoms with Crippen LogP contribution in [0.1, 0.15) is 29.5 Å². The highest BCUT2D eigenvalue weighted by molar-refractivity contribution is 7.89. The highest BCUT2D eigenvalue weighted by Crippen LogP contribution is 2.24. The molecule has 2 aromatic rings. The second-order valence-corrected chi connectivity index (χ2v) is 9.45. The van der Waals surface area contributed by atoms with E-state index in [2.05, 4.69) is 5.32 Å². The van der Waals surface area contributed by atoms with Crippen LogP contribution in [-0.2, 0) is 21.4 Å². The maximum atomic E-state index is 12.8. The summed E-state index contributed by atoms with van der Waals surface area (Å²) >= 11 is 0. The van der Waals surface area contributed by atoms with Gasteiger partial charge in [-0.3, -0.25) is 4.79 Å². The van der Waals surface area contributed by atoms with Crippen molar-refractivity contribution in [2.45, 2.75) is 38.1 Å². The van der Waals surface area contributed by atoms with Crippen LogP contribution in [0.4, 0.5) is 0 Å². The molecule has 1 amide bonds. The van der Waals surface area contributed by atoms with Gasteiger partial charge in [-0.15, -0.1) is 0 Å². The minimum Gasteiger partial charge on any atom is -0.496 e. The van der Waals surface area contributed by atoms with E-state index in [0.717, 1.165) is 22.4 Å². The number of nitrogens with one attached hydrogen (secondary N) is 1. The van der Waals surface area contributed by atoms with Gasteiger partial charge in [-0.05, 0) is 56.0 Å². The van der Waals surface area contributed by atoms with Crippen molar-refractivity contribution in [1.82, 2.24) is 9.62 Å². The van der Waals surface area contributed by atoms with E-state index >= 15 is 0 Å². The molecule has 1 saturated heterocycles. The largest absolute Gasteiger partial charge is 0.496 e. The van der Waals surface area contributed by atoms with Crippen LogP contribution in [-0.4, -0.2) is 38.8 Å². The average Bonchev–Trinajstić information content (AvgIpc) is 2.73. The molecule has 7 heteroatoms. The lowest BCUT2D eigenvalue weighted by Crippen LogP contribution is -2.42. The molecule has 1 aliphatic heterocycles. The highest BCUT2D eigenvalue weighted by atomic mass is 32.2. The summed E-state index contributed by atoms with van der Waals surface area (Å²) in [6.07, 6.45) is 1.04.